The van der Waals surface area contributed by atoms with Gasteiger partial charge in [0.05, 0.1) is 11.7 Å². The third-order valence-electron chi connectivity index (χ3n) is 6.07. The van der Waals surface area contributed by atoms with Gasteiger partial charge in [0.1, 0.15) is 5.75 Å². The van der Waals surface area contributed by atoms with Crippen LogP contribution in [0.1, 0.15) is 13.8 Å². The first-order valence-electron chi connectivity index (χ1n) is 10.7. The summed E-state index contributed by atoms with van der Waals surface area (Å²) in [5.74, 6) is 0.427. The van der Waals surface area contributed by atoms with E-state index >= 15 is 0 Å². The lowest BCUT2D eigenvalue weighted by atomic mass is 10.1. The lowest BCUT2D eigenvalue weighted by Crippen LogP contribution is -2.54. The van der Waals surface area contributed by atoms with Crippen LogP contribution < -0.4 is 9.80 Å². The van der Waals surface area contributed by atoms with Gasteiger partial charge in [0.25, 0.3) is 0 Å². The van der Waals surface area contributed by atoms with Crippen molar-refractivity contribution in [1.29, 1.82) is 0 Å². The molecule has 156 valence electrons. The zero-order valence-electron chi connectivity index (χ0n) is 17.7. The van der Waals surface area contributed by atoms with Gasteiger partial charge in [0.15, 0.2) is 0 Å². The number of phenols is 1. The van der Waals surface area contributed by atoms with Gasteiger partial charge in [-0.2, -0.15) is 0 Å². The number of rotatable bonds is 5. The number of anilines is 2. The second-order valence-electron chi connectivity index (χ2n) is 7.80. The minimum Gasteiger partial charge on any atom is -0.508 e. The highest BCUT2D eigenvalue weighted by Crippen LogP contribution is 2.28. The van der Waals surface area contributed by atoms with E-state index in [1.807, 2.05) is 55.1 Å². The molecule has 30 heavy (non-hydrogen) atoms. The van der Waals surface area contributed by atoms with E-state index in [0.717, 1.165) is 48.3 Å². The van der Waals surface area contributed by atoms with Crippen LogP contribution in [0.3, 0.4) is 0 Å². The lowest BCUT2D eigenvalue weighted by Gasteiger charge is -2.40. The highest BCUT2D eigenvalue weighted by atomic mass is 16.3. The zero-order valence-corrected chi connectivity index (χ0v) is 17.7. The average molecular weight is 404 g/mol. The van der Waals surface area contributed by atoms with Crippen LogP contribution in [0.15, 0.2) is 66.7 Å². The summed E-state index contributed by atoms with van der Waals surface area (Å²) in [6.07, 6.45) is 0. The molecular weight excluding hydrogens is 374 g/mol. The van der Waals surface area contributed by atoms with Gasteiger partial charge in [-0.3, -0.25) is 9.69 Å². The van der Waals surface area contributed by atoms with E-state index in [-0.39, 0.29) is 17.7 Å². The van der Waals surface area contributed by atoms with Crippen molar-refractivity contribution in [2.45, 2.75) is 19.9 Å². The van der Waals surface area contributed by atoms with Crippen molar-refractivity contribution in [1.82, 2.24) is 4.90 Å². The van der Waals surface area contributed by atoms with E-state index in [4.69, 9.17) is 0 Å². The Morgan fingerprint density at radius 2 is 1.63 bits per heavy atom. The number of carbonyl (C=O) groups is 1. The smallest absolute Gasteiger partial charge is 0.244 e. The number of benzene rings is 3. The normalized spacial score (nSPS) is 15.9. The van der Waals surface area contributed by atoms with E-state index in [1.165, 1.54) is 0 Å². The Balaban J connectivity index is 1.47. The average Bonchev–Trinajstić information content (AvgIpc) is 2.80. The molecule has 1 saturated heterocycles. The van der Waals surface area contributed by atoms with Crippen LogP contribution in [-0.2, 0) is 4.79 Å². The molecule has 1 aliphatic rings. The summed E-state index contributed by atoms with van der Waals surface area (Å²) in [4.78, 5) is 19.9. The van der Waals surface area contributed by atoms with Crippen molar-refractivity contribution in [2.75, 3.05) is 42.5 Å². The highest BCUT2D eigenvalue weighted by molar-refractivity contribution is 6.05. The number of hydrogen-bond acceptors (Lipinski definition) is 4. The largest absolute Gasteiger partial charge is 0.508 e. The van der Waals surface area contributed by atoms with Gasteiger partial charge >= 0.3 is 0 Å². The summed E-state index contributed by atoms with van der Waals surface area (Å²) in [7, 11) is 0. The van der Waals surface area contributed by atoms with Crippen LogP contribution in [-0.4, -0.2) is 54.7 Å². The molecule has 3 aromatic carbocycles. The molecule has 5 heteroatoms. The number of aromatic hydroxyl groups is 1. The Morgan fingerprint density at radius 1 is 0.967 bits per heavy atom. The second-order valence-corrected chi connectivity index (χ2v) is 7.80. The standard InChI is InChI=1S/C25H29N3O2/c1-3-28(24-10-6-8-20-7-4-5-9-23(20)24)25(30)19(2)26-15-17-27(18-16-26)21-11-13-22(29)14-12-21/h4-14,19,29H,3,15-18H2,1-2H3/t19-/m1/s1. The molecular formula is C25H29N3O2. The molecule has 3 aromatic rings. The molecule has 4 rings (SSSR count). The summed E-state index contributed by atoms with van der Waals surface area (Å²) in [5.41, 5.74) is 2.09. The minimum absolute atomic E-state index is 0.145. The van der Waals surface area contributed by atoms with E-state index in [9.17, 15) is 9.90 Å². The Morgan fingerprint density at radius 3 is 2.33 bits per heavy atom. The Bertz CT molecular complexity index is 1010. The van der Waals surface area contributed by atoms with Crippen LogP contribution in [0.4, 0.5) is 11.4 Å². The van der Waals surface area contributed by atoms with Crippen molar-refractivity contribution >= 4 is 28.1 Å². The summed E-state index contributed by atoms with van der Waals surface area (Å²) >= 11 is 0. The van der Waals surface area contributed by atoms with Gasteiger partial charge in [-0.1, -0.05) is 36.4 Å². The summed E-state index contributed by atoms with van der Waals surface area (Å²) in [6, 6.07) is 21.5. The molecule has 5 nitrogen and oxygen atoms in total. The zero-order chi connectivity index (χ0) is 21.1. The predicted molar refractivity (Wildman–Crippen MR) is 123 cm³/mol. The van der Waals surface area contributed by atoms with Gasteiger partial charge in [0, 0.05) is 43.8 Å². The predicted octanol–water partition coefficient (Wildman–Crippen LogP) is 4.11. The first kappa shape index (κ1) is 20.2. The Kier molecular flexibility index (Phi) is 5.91. The summed E-state index contributed by atoms with van der Waals surface area (Å²) in [6.45, 7) is 8.10. The quantitative estimate of drug-likeness (QED) is 0.697. The maximum atomic E-state index is 13.4. The molecule has 1 heterocycles. The third kappa shape index (κ3) is 3.98. The molecule has 1 N–H and O–H groups in total. The minimum atomic E-state index is -0.175. The number of amides is 1. The molecule has 0 aliphatic carbocycles. The second kappa shape index (κ2) is 8.76. The molecule has 0 aromatic heterocycles. The molecule has 1 fully saturated rings. The molecule has 1 amide bonds. The number of carbonyl (C=O) groups excluding carboxylic acids is 1. The van der Waals surface area contributed by atoms with E-state index < -0.39 is 0 Å². The van der Waals surface area contributed by atoms with Crippen molar-refractivity contribution in [3.63, 3.8) is 0 Å². The SMILES string of the molecule is CCN(C(=O)[C@@H](C)N1CCN(c2ccc(O)cc2)CC1)c1cccc2ccccc12. The number of hydrogen-bond donors (Lipinski definition) is 1. The van der Waals surface area contributed by atoms with Crippen LogP contribution in [0.5, 0.6) is 5.75 Å². The van der Waals surface area contributed by atoms with Crippen molar-refractivity contribution in [2.24, 2.45) is 0 Å². The monoisotopic (exact) mass is 403 g/mol. The molecule has 1 aliphatic heterocycles. The van der Waals surface area contributed by atoms with Gasteiger partial charge < -0.3 is 14.9 Å². The molecule has 0 unspecified atom stereocenters. The van der Waals surface area contributed by atoms with Gasteiger partial charge in [-0.05, 0) is 49.6 Å². The summed E-state index contributed by atoms with van der Waals surface area (Å²) in [5, 5.41) is 11.8. The molecule has 0 bridgehead atoms. The molecule has 1 atom stereocenters. The molecule has 0 saturated carbocycles. The molecule has 0 radical (unpaired) electrons. The van der Waals surface area contributed by atoms with Crippen molar-refractivity contribution in [3.8, 4) is 5.75 Å². The van der Waals surface area contributed by atoms with Crippen LogP contribution >= 0.6 is 0 Å². The van der Waals surface area contributed by atoms with Crippen molar-refractivity contribution in [3.05, 3.63) is 66.7 Å². The number of phenolic OH excluding ortho intramolecular Hbond substituents is 1. The summed E-state index contributed by atoms with van der Waals surface area (Å²) < 4.78 is 0. The third-order valence-corrected chi connectivity index (χ3v) is 6.07. The van der Waals surface area contributed by atoms with E-state index in [0.29, 0.717) is 6.54 Å². The first-order chi connectivity index (χ1) is 14.6. The fraction of sp³-hybridized carbons (Fsp3) is 0.320. The number of piperazine rings is 1. The number of likely N-dealkylation sites (N-methyl/N-ethyl adjacent to an activating group) is 1. The maximum Gasteiger partial charge on any atom is 0.244 e. The van der Waals surface area contributed by atoms with Crippen LogP contribution in [0, 0.1) is 0 Å². The van der Waals surface area contributed by atoms with Gasteiger partial charge in [0.2, 0.25) is 5.91 Å². The molecule has 0 spiro atoms. The van der Waals surface area contributed by atoms with Crippen molar-refractivity contribution < 1.29 is 9.90 Å². The van der Waals surface area contributed by atoms with Gasteiger partial charge in [-0.15, -0.1) is 0 Å². The Labute approximate surface area is 178 Å². The van der Waals surface area contributed by atoms with Crippen LogP contribution in [0.25, 0.3) is 10.8 Å². The van der Waals surface area contributed by atoms with Gasteiger partial charge in [-0.25, -0.2) is 0 Å². The highest BCUT2D eigenvalue weighted by Gasteiger charge is 2.29. The number of fused-ring (bicyclic) bond motifs is 1. The van der Waals surface area contributed by atoms with E-state index in [1.54, 1.807) is 12.1 Å². The Hall–Kier alpha value is -3.05. The first-order valence-corrected chi connectivity index (χ1v) is 10.7. The number of nitrogens with zero attached hydrogens (tertiary/aromatic N) is 3. The van der Waals surface area contributed by atoms with E-state index in [2.05, 4.69) is 28.0 Å². The fourth-order valence-electron chi connectivity index (χ4n) is 4.30. The fourth-order valence-corrected chi connectivity index (χ4v) is 4.30. The van der Waals surface area contributed by atoms with Crippen LogP contribution in [0.2, 0.25) is 0 Å². The maximum absolute atomic E-state index is 13.4. The topological polar surface area (TPSA) is 47.0 Å². The lowest BCUT2D eigenvalue weighted by molar-refractivity contribution is -0.123.